The molecule has 0 aliphatic rings. The molecule has 3 heteroatoms. The van der Waals surface area contributed by atoms with Crippen LogP contribution in [0.15, 0.2) is 0 Å². The Kier molecular flexibility index (Phi) is 7.15. The monoisotopic (exact) mass is 159 g/mol. The van der Waals surface area contributed by atoms with Crippen molar-refractivity contribution >= 4 is 5.91 Å². The fraction of sp³-hybridized carbons (Fsp3) is 0.875. The minimum Gasteiger partial charge on any atom is -0.350 e. The molecule has 0 radical (unpaired) electrons. The molecule has 0 heterocycles. The summed E-state index contributed by atoms with van der Waals surface area (Å²) in [6.07, 6.45) is 2.77. The van der Waals surface area contributed by atoms with Crippen LogP contribution in [0.25, 0.3) is 0 Å². The predicted molar refractivity (Wildman–Crippen MR) is 45.3 cm³/mol. The van der Waals surface area contributed by atoms with Crippen molar-refractivity contribution in [2.75, 3.05) is 20.1 Å². The Morgan fingerprint density at radius 3 is 2.82 bits per heavy atom. The lowest BCUT2D eigenvalue weighted by atomic mass is 10.2. The zero-order valence-corrected chi connectivity index (χ0v) is 7.52. The highest BCUT2D eigenvalue weighted by Crippen LogP contribution is 1.91. The van der Waals surface area contributed by atoms with Crippen molar-refractivity contribution in [2.45, 2.75) is 26.2 Å². The Balaban J connectivity index is 3.09. The summed E-state index contributed by atoms with van der Waals surface area (Å²) in [6.45, 7) is 3.85. The lowest BCUT2D eigenvalue weighted by Crippen LogP contribution is -2.81. The van der Waals surface area contributed by atoms with Gasteiger partial charge in [0, 0.05) is 6.42 Å². The number of amides is 1. The second-order valence-electron chi connectivity index (χ2n) is 2.65. The maximum atomic E-state index is 11.0. The summed E-state index contributed by atoms with van der Waals surface area (Å²) in [4.78, 5) is 11.0. The van der Waals surface area contributed by atoms with Gasteiger partial charge in [-0.3, -0.25) is 4.79 Å². The number of hydrogen-bond donors (Lipinski definition) is 2. The fourth-order valence-corrected chi connectivity index (χ4v) is 0.782. The van der Waals surface area contributed by atoms with Crippen molar-refractivity contribution in [2.24, 2.45) is 0 Å². The first-order valence-corrected chi connectivity index (χ1v) is 4.35. The molecule has 3 N–H and O–H groups in total. The molecule has 1 amide bonds. The van der Waals surface area contributed by atoms with Gasteiger partial charge in [-0.25, -0.2) is 0 Å². The van der Waals surface area contributed by atoms with E-state index in [1.165, 1.54) is 0 Å². The predicted octanol–water partition coefficient (Wildman–Crippen LogP) is -0.514. The second kappa shape index (κ2) is 7.54. The minimum absolute atomic E-state index is 0.189. The van der Waals surface area contributed by atoms with Crippen LogP contribution in [-0.2, 0) is 4.79 Å². The van der Waals surface area contributed by atoms with E-state index in [2.05, 4.69) is 17.6 Å². The standard InChI is InChI=1S/C8H18N2O/c1-3-4-5-8(11)10-7-6-9-2/h9H,3-7H2,1-2H3,(H,10,11)/p+1. The topological polar surface area (TPSA) is 45.7 Å². The molecule has 0 saturated heterocycles. The molecule has 3 nitrogen and oxygen atoms in total. The summed E-state index contributed by atoms with van der Waals surface area (Å²) in [5, 5.41) is 4.90. The summed E-state index contributed by atoms with van der Waals surface area (Å²) in [5.41, 5.74) is 0. The largest absolute Gasteiger partial charge is 0.350 e. The van der Waals surface area contributed by atoms with Gasteiger partial charge in [0.2, 0.25) is 5.91 Å². The normalized spacial score (nSPS) is 9.64. The van der Waals surface area contributed by atoms with Crippen molar-refractivity contribution in [1.82, 2.24) is 5.32 Å². The number of carbonyl (C=O) groups excluding carboxylic acids is 1. The summed E-state index contributed by atoms with van der Waals surface area (Å²) >= 11 is 0. The highest BCUT2D eigenvalue weighted by molar-refractivity contribution is 5.75. The van der Waals surface area contributed by atoms with Gasteiger partial charge in [-0.05, 0) is 6.42 Å². The summed E-state index contributed by atoms with van der Waals surface area (Å²) in [7, 11) is 2.00. The van der Waals surface area contributed by atoms with E-state index < -0.39 is 0 Å². The molecule has 0 saturated carbocycles. The van der Waals surface area contributed by atoms with Crippen LogP contribution in [0.5, 0.6) is 0 Å². The molecule has 0 spiro atoms. The second-order valence-corrected chi connectivity index (χ2v) is 2.65. The third-order valence-electron chi connectivity index (χ3n) is 1.51. The van der Waals surface area contributed by atoms with E-state index in [-0.39, 0.29) is 5.91 Å². The van der Waals surface area contributed by atoms with Crippen LogP contribution in [0.4, 0.5) is 0 Å². The van der Waals surface area contributed by atoms with Crippen LogP contribution < -0.4 is 10.6 Å². The molecule has 0 bridgehead atoms. The lowest BCUT2D eigenvalue weighted by molar-refractivity contribution is -0.624. The smallest absolute Gasteiger partial charge is 0.220 e. The molecule has 66 valence electrons. The van der Waals surface area contributed by atoms with Gasteiger partial charge in [0.25, 0.3) is 0 Å². The van der Waals surface area contributed by atoms with Crippen LogP contribution in [0.3, 0.4) is 0 Å². The first-order chi connectivity index (χ1) is 5.31. The molecular weight excluding hydrogens is 140 g/mol. The van der Waals surface area contributed by atoms with E-state index in [4.69, 9.17) is 0 Å². The van der Waals surface area contributed by atoms with Crippen LogP contribution in [0.2, 0.25) is 0 Å². The van der Waals surface area contributed by atoms with Crippen molar-refractivity contribution in [1.29, 1.82) is 0 Å². The Bertz CT molecular complexity index is 104. The van der Waals surface area contributed by atoms with E-state index in [0.29, 0.717) is 6.42 Å². The number of nitrogens with two attached hydrogens (primary N) is 1. The van der Waals surface area contributed by atoms with Crippen LogP contribution >= 0.6 is 0 Å². The molecule has 0 aliphatic carbocycles. The van der Waals surface area contributed by atoms with Gasteiger partial charge in [-0.2, -0.15) is 0 Å². The number of hydrogen-bond acceptors (Lipinski definition) is 1. The molecule has 0 aromatic carbocycles. The van der Waals surface area contributed by atoms with E-state index in [1.54, 1.807) is 0 Å². The first-order valence-electron chi connectivity index (χ1n) is 4.35. The number of likely N-dealkylation sites (N-methyl/N-ethyl adjacent to an activating group) is 1. The quantitative estimate of drug-likeness (QED) is 0.504. The number of carbonyl (C=O) groups is 1. The lowest BCUT2D eigenvalue weighted by Gasteiger charge is -2.01. The molecule has 0 fully saturated rings. The molecule has 11 heavy (non-hydrogen) atoms. The van der Waals surface area contributed by atoms with Gasteiger partial charge in [-0.1, -0.05) is 13.3 Å². The zero-order chi connectivity index (χ0) is 8.53. The van der Waals surface area contributed by atoms with Gasteiger partial charge in [0.1, 0.15) is 0 Å². The van der Waals surface area contributed by atoms with Gasteiger partial charge in [0.05, 0.1) is 20.1 Å². The molecule has 0 aromatic rings. The molecule has 0 atom stereocenters. The van der Waals surface area contributed by atoms with Crippen LogP contribution in [0, 0.1) is 0 Å². The van der Waals surface area contributed by atoms with Gasteiger partial charge in [0.15, 0.2) is 0 Å². The van der Waals surface area contributed by atoms with Crippen LogP contribution in [0.1, 0.15) is 26.2 Å². The van der Waals surface area contributed by atoms with E-state index in [0.717, 1.165) is 25.9 Å². The molecule has 0 aliphatic heterocycles. The number of rotatable bonds is 6. The SMILES string of the molecule is CCCCC(=O)NCC[NH2+]C. The van der Waals surface area contributed by atoms with Crippen LogP contribution in [-0.4, -0.2) is 26.0 Å². The van der Waals surface area contributed by atoms with Gasteiger partial charge < -0.3 is 10.6 Å². The maximum absolute atomic E-state index is 11.0. The average Bonchev–Trinajstić information content (AvgIpc) is 2.01. The Hall–Kier alpha value is -0.570. The third kappa shape index (κ3) is 7.33. The van der Waals surface area contributed by atoms with Crippen molar-refractivity contribution in [3.8, 4) is 0 Å². The molecule has 0 rings (SSSR count). The third-order valence-corrected chi connectivity index (χ3v) is 1.51. The van der Waals surface area contributed by atoms with Crippen molar-refractivity contribution in [3.63, 3.8) is 0 Å². The number of unbranched alkanes of at least 4 members (excludes halogenated alkanes) is 1. The van der Waals surface area contributed by atoms with Gasteiger partial charge >= 0.3 is 0 Å². The van der Waals surface area contributed by atoms with E-state index >= 15 is 0 Å². The number of nitrogens with one attached hydrogen (secondary N) is 1. The molecular formula is C8H19N2O+. The fourth-order valence-electron chi connectivity index (χ4n) is 0.782. The van der Waals surface area contributed by atoms with Crippen molar-refractivity contribution in [3.05, 3.63) is 0 Å². The van der Waals surface area contributed by atoms with E-state index in [1.807, 2.05) is 7.05 Å². The minimum atomic E-state index is 0.189. The first kappa shape index (κ1) is 10.4. The summed E-state index contributed by atoms with van der Waals surface area (Å²) in [5.74, 6) is 0.189. The van der Waals surface area contributed by atoms with E-state index in [9.17, 15) is 4.79 Å². The summed E-state index contributed by atoms with van der Waals surface area (Å²) in [6, 6.07) is 0. The van der Waals surface area contributed by atoms with Crippen molar-refractivity contribution < 1.29 is 10.1 Å². The highest BCUT2D eigenvalue weighted by atomic mass is 16.1. The zero-order valence-electron chi connectivity index (χ0n) is 7.52. The summed E-state index contributed by atoms with van der Waals surface area (Å²) < 4.78 is 0. The Morgan fingerprint density at radius 1 is 1.55 bits per heavy atom. The number of quaternary nitrogens is 1. The van der Waals surface area contributed by atoms with Gasteiger partial charge in [-0.15, -0.1) is 0 Å². The maximum Gasteiger partial charge on any atom is 0.220 e. The molecule has 0 unspecified atom stereocenters. The molecule has 0 aromatic heterocycles. The Morgan fingerprint density at radius 2 is 2.27 bits per heavy atom. The average molecular weight is 159 g/mol. The Labute approximate surface area is 68.6 Å². The highest BCUT2D eigenvalue weighted by Gasteiger charge is 1.97.